The molecule has 2 aliphatic rings. The number of fused-ring (bicyclic) bond motifs is 4. The van der Waals surface area contributed by atoms with E-state index in [9.17, 15) is 9.59 Å². The number of benzene rings is 3. The summed E-state index contributed by atoms with van der Waals surface area (Å²) in [5.41, 5.74) is 7.94. The number of anilines is 1. The summed E-state index contributed by atoms with van der Waals surface area (Å²) in [7, 11) is 1.34. The van der Waals surface area contributed by atoms with Crippen LogP contribution in [0.4, 0.5) is 5.69 Å². The van der Waals surface area contributed by atoms with Crippen molar-refractivity contribution in [1.82, 2.24) is 14.8 Å². The standard InChI is InChI=1S/C30H30N4O3/c1-19-11-12-25-24(17-19)27(28(31-25)30(36)37-2)32-26(35)18-33-13-15-34(16-14-33)29-22-9-5-3-7-20(22)21-8-4-6-10-23(21)29/h3-12,17,29,31H,13-16,18H2,1-2H3,(H,32,35). The molecule has 0 unspecified atom stereocenters. The molecule has 3 aromatic carbocycles. The molecule has 37 heavy (non-hydrogen) atoms. The predicted molar refractivity (Wildman–Crippen MR) is 145 cm³/mol. The van der Waals surface area contributed by atoms with Gasteiger partial charge in [-0.25, -0.2) is 4.79 Å². The third kappa shape index (κ3) is 4.20. The van der Waals surface area contributed by atoms with Crippen molar-refractivity contribution >= 4 is 28.5 Å². The van der Waals surface area contributed by atoms with Gasteiger partial charge in [0.2, 0.25) is 5.91 Å². The highest BCUT2D eigenvalue weighted by molar-refractivity contribution is 6.11. The van der Waals surface area contributed by atoms with Crippen molar-refractivity contribution < 1.29 is 14.3 Å². The van der Waals surface area contributed by atoms with Gasteiger partial charge in [0.05, 0.1) is 25.4 Å². The highest BCUT2D eigenvalue weighted by Crippen LogP contribution is 2.46. The Labute approximate surface area is 216 Å². The number of carbonyl (C=O) groups is 2. The third-order valence-electron chi connectivity index (χ3n) is 7.55. The van der Waals surface area contributed by atoms with Gasteiger partial charge in [-0.1, -0.05) is 60.2 Å². The Morgan fingerprint density at radius 3 is 2.24 bits per heavy atom. The van der Waals surface area contributed by atoms with Gasteiger partial charge in [0.1, 0.15) is 5.69 Å². The van der Waals surface area contributed by atoms with Crippen molar-refractivity contribution in [2.75, 3.05) is 45.2 Å². The fourth-order valence-corrected chi connectivity index (χ4v) is 5.77. The minimum atomic E-state index is -0.505. The van der Waals surface area contributed by atoms with Gasteiger partial charge < -0.3 is 15.0 Å². The van der Waals surface area contributed by atoms with Crippen LogP contribution in [0.15, 0.2) is 66.7 Å². The van der Waals surface area contributed by atoms with Crippen molar-refractivity contribution in [3.63, 3.8) is 0 Å². The molecule has 0 saturated carbocycles. The lowest BCUT2D eigenvalue weighted by atomic mass is 10.0. The number of methoxy groups -OCH3 is 1. The second-order valence-corrected chi connectivity index (χ2v) is 9.85. The number of aryl methyl sites for hydroxylation is 1. The summed E-state index contributed by atoms with van der Waals surface area (Å²) in [5, 5.41) is 3.79. The Morgan fingerprint density at radius 1 is 0.946 bits per heavy atom. The second kappa shape index (κ2) is 9.50. The summed E-state index contributed by atoms with van der Waals surface area (Å²) in [6, 6.07) is 23.4. The molecule has 1 amide bonds. The monoisotopic (exact) mass is 494 g/mol. The Balaban J connectivity index is 1.15. The van der Waals surface area contributed by atoms with Crippen LogP contribution in [0.5, 0.6) is 0 Å². The number of amides is 1. The minimum Gasteiger partial charge on any atom is -0.464 e. The van der Waals surface area contributed by atoms with Crippen molar-refractivity contribution in [1.29, 1.82) is 0 Å². The quantitative estimate of drug-likeness (QED) is 0.397. The zero-order valence-corrected chi connectivity index (χ0v) is 21.1. The number of aromatic nitrogens is 1. The molecule has 2 heterocycles. The van der Waals surface area contributed by atoms with E-state index in [1.54, 1.807) is 0 Å². The second-order valence-electron chi connectivity index (χ2n) is 9.85. The lowest BCUT2D eigenvalue weighted by molar-refractivity contribution is -0.117. The Bertz CT molecular complexity index is 1450. The van der Waals surface area contributed by atoms with Crippen LogP contribution in [0.3, 0.4) is 0 Å². The van der Waals surface area contributed by atoms with Crippen molar-refractivity contribution in [3.8, 4) is 11.1 Å². The number of aromatic amines is 1. The fourth-order valence-electron chi connectivity index (χ4n) is 5.77. The summed E-state index contributed by atoms with van der Waals surface area (Å²) in [6.07, 6.45) is 0. The summed E-state index contributed by atoms with van der Waals surface area (Å²) in [6.45, 7) is 5.60. The van der Waals surface area contributed by atoms with E-state index in [2.05, 4.69) is 68.6 Å². The maximum Gasteiger partial charge on any atom is 0.356 e. The van der Waals surface area contributed by atoms with Crippen molar-refractivity contribution in [2.24, 2.45) is 0 Å². The van der Waals surface area contributed by atoms with Crippen LogP contribution in [0.2, 0.25) is 0 Å². The van der Waals surface area contributed by atoms with Crippen molar-refractivity contribution in [2.45, 2.75) is 13.0 Å². The Kier molecular flexibility index (Phi) is 6.02. The molecule has 0 atom stereocenters. The number of nitrogens with zero attached hydrogens (tertiary/aromatic N) is 2. The van der Waals surface area contributed by atoms with Gasteiger partial charge in [-0.05, 0) is 41.3 Å². The van der Waals surface area contributed by atoms with Crippen LogP contribution in [-0.2, 0) is 9.53 Å². The maximum absolute atomic E-state index is 13.1. The van der Waals surface area contributed by atoms with E-state index < -0.39 is 5.97 Å². The molecule has 1 aliphatic carbocycles. The largest absolute Gasteiger partial charge is 0.464 e. The average Bonchev–Trinajstić information content (AvgIpc) is 3.44. The van der Waals surface area contributed by atoms with Gasteiger partial charge in [0, 0.05) is 37.1 Å². The van der Waals surface area contributed by atoms with Crippen LogP contribution < -0.4 is 5.32 Å². The van der Waals surface area contributed by atoms with Crippen LogP contribution in [0, 0.1) is 6.92 Å². The van der Waals surface area contributed by atoms with Crippen LogP contribution >= 0.6 is 0 Å². The number of ether oxygens (including phenoxy) is 1. The average molecular weight is 495 g/mol. The highest BCUT2D eigenvalue weighted by atomic mass is 16.5. The molecule has 2 N–H and O–H groups in total. The summed E-state index contributed by atoms with van der Waals surface area (Å²) >= 11 is 0. The molecule has 0 spiro atoms. The normalized spacial score (nSPS) is 15.9. The minimum absolute atomic E-state index is 0.141. The van der Waals surface area contributed by atoms with E-state index in [0.717, 1.165) is 42.6 Å². The van der Waals surface area contributed by atoms with Gasteiger partial charge in [0.25, 0.3) is 0 Å². The first-order chi connectivity index (χ1) is 18.0. The number of piperazine rings is 1. The van der Waals surface area contributed by atoms with Crippen LogP contribution in [-0.4, -0.2) is 66.5 Å². The van der Waals surface area contributed by atoms with E-state index in [1.807, 2.05) is 25.1 Å². The number of hydrogen-bond donors (Lipinski definition) is 2. The molecular formula is C30H30N4O3. The molecule has 4 aromatic rings. The van der Waals surface area contributed by atoms with E-state index in [-0.39, 0.29) is 24.2 Å². The molecule has 6 rings (SSSR count). The topological polar surface area (TPSA) is 77.7 Å². The first kappa shape index (κ1) is 23.5. The molecular weight excluding hydrogens is 464 g/mol. The van der Waals surface area contributed by atoms with Gasteiger partial charge in [-0.15, -0.1) is 0 Å². The highest BCUT2D eigenvalue weighted by Gasteiger charge is 2.34. The number of carbonyl (C=O) groups excluding carboxylic acids is 2. The molecule has 0 radical (unpaired) electrons. The lowest BCUT2D eigenvalue weighted by Gasteiger charge is -2.38. The van der Waals surface area contributed by atoms with Gasteiger partial charge in [0.15, 0.2) is 0 Å². The zero-order chi connectivity index (χ0) is 25.5. The van der Waals surface area contributed by atoms with Crippen LogP contribution in [0.25, 0.3) is 22.0 Å². The van der Waals surface area contributed by atoms with E-state index in [1.165, 1.54) is 29.4 Å². The number of H-pyrrole nitrogens is 1. The van der Waals surface area contributed by atoms with Crippen molar-refractivity contribution in [3.05, 3.63) is 89.1 Å². The molecule has 7 nitrogen and oxygen atoms in total. The maximum atomic E-state index is 13.1. The molecule has 1 aliphatic heterocycles. The number of rotatable bonds is 5. The predicted octanol–water partition coefficient (Wildman–Crippen LogP) is 4.59. The first-order valence-electron chi connectivity index (χ1n) is 12.7. The fraction of sp³-hybridized carbons (Fsp3) is 0.267. The molecule has 1 aromatic heterocycles. The van der Waals surface area contributed by atoms with E-state index in [4.69, 9.17) is 4.74 Å². The number of hydrogen-bond acceptors (Lipinski definition) is 5. The number of esters is 1. The zero-order valence-electron chi connectivity index (χ0n) is 21.1. The molecule has 188 valence electrons. The molecule has 0 bridgehead atoms. The Morgan fingerprint density at radius 2 is 1.59 bits per heavy atom. The van der Waals surface area contributed by atoms with Crippen LogP contribution in [0.1, 0.15) is 33.2 Å². The lowest BCUT2D eigenvalue weighted by Crippen LogP contribution is -2.49. The summed E-state index contributed by atoms with van der Waals surface area (Å²) < 4.78 is 4.94. The molecule has 1 fully saturated rings. The first-order valence-corrected chi connectivity index (χ1v) is 12.7. The van der Waals surface area contributed by atoms with Gasteiger partial charge in [-0.3, -0.25) is 14.6 Å². The SMILES string of the molecule is COC(=O)c1[nH]c2ccc(C)cc2c1NC(=O)CN1CCN(C2c3ccccc3-c3ccccc32)CC1. The number of nitrogens with one attached hydrogen (secondary N) is 2. The van der Waals surface area contributed by atoms with E-state index >= 15 is 0 Å². The third-order valence-corrected chi connectivity index (χ3v) is 7.55. The molecule has 1 saturated heterocycles. The summed E-state index contributed by atoms with van der Waals surface area (Å²) in [5.74, 6) is -0.646. The summed E-state index contributed by atoms with van der Waals surface area (Å²) in [4.78, 5) is 33.3. The Hall–Kier alpha value is -3.94. The van der Waals surface area contributed by atoms with E-state index in [0.29, 0.717) is 5.69 Å². The van der Waals surface area contributed by atoms with Gasteiger partial charge >= 0.3 is 5.97 Å². The van der Waals surface area contributed by atoms with Gasteiger partial charge in [-0.2, -0.15) is 0 Å². The smallest absolute Gasteiger partial charge is 0.356 e. The molecule has 7 heteroatoms.